The van der Waals surface area contributed by atoms with Gasteiger partial charge in [-0.3, -0.25) is 9.59 Å². The lowest BCUT2D eigenvalue weighted by Crippen LogP contribution is -2.44. The van der Waals surface area contributed by atoms with E-state index in [0.29, 0.717) is 19.7 Å². The average Bonchev–Trinajstić information content (AvgIpc) is 2.28. The molecule has 1 amide bonds. The fraction of sp³-hybridized carbons (Fsp3) is 0.818. The summed E-state index contributed by atoms with van der Waals surface area (Å²) in [5, 5.41) is 8.75. The zero-order valence-corrected chi connectivity index (χ0v) is 9.81. The van der Waals surface area contributed by atoms with Gasteiger partial charge in [-0.15, -0.1) is 0 Å². The van der Waals surface area contributed by atoms with Crippen LogP contribution in [0.15, 0.2) is 0 Å². The van der Waals surface area contributed by atoms with Crippen molar-refractivity contribution in [1.29, 1.82) is 0 Å². The summed E-state index contributed by atoms with van der Waals surface area (Å²) in [6, 6.07) is 0. The van der Waals surface area contributed by atoms with E-state index in [9.17, 15) is 9.59 Å². The smallest absolute Gasteiger partial charge is 0.315 e. The Hall–Kier alpha value is -1.10. The maximum absolute atomic E-state index is 11.7. The molecular weight excluding hydrogens is 210 g/mol. The van der Waals surface area contributed by atoms with E-state index >= 15 is 0 Å². The molecular formula is C11H19NO4. The SMILES string of the molecule is CCOC1CCN(C(=O)C(C)C(=O)O)CC1. The van der Waals surface area contributed by atoms with Crippen molar-refractivity contribution in [2.75, 3.05) is 19.7 Å². The third-order valence-corrected chi connectivity index (χ3v) is 2.90. The summed E-state index contributed by atoms with van der Waals surface area (Å²) < 4.78 is 5.46. The van der Waals surface area contributed by atoms with Gasteiger partial charge in [-0.05, 0) is 26.7 Å². The number of likely N-dealkylation sites (tertiary alicyclic amines) is 1. The van der Waals surface area contributed by atoms with Crippen LogP contribution in [-0.2, 0) is 14.3 Å². The predicted molar refractivity (Wildman–Crippen MR) is 58.0 cm³/mol. The van der Waals surface area contributed by atoms with Gasteiger partial charge < -0.3 is 14.7 Å². The number of carboxylic acids is 1. The number of aliphatic carboxylic acids is 1. The minimum Gasteiger partial charge on any atom is -0.481 e. The number of piperidine rings is 1. The van der Waals surface area contributed by atoms with E-state index in [0.717, 1.165) is 12.8 Å². The highest BCUT2D eigenvalue weighted by molar-refractivity contribution is 5.96. The zero-order valence-electron chi connectivity index (χ0n) is 9.81. The third kappa shape index (κ3) is 3.20. The largest absolute Gasteiger partial charge is 0.481 e. The molecule has 0 bridgehead atoms. The summed E-state index contributed by atoms with van der Waals surface area (Å²) in [5.74, 6) is -2.29. The number of nitrogens with zero attached hydrogens (tertiary/aromatic N) is 1. The monoisotopic (exact) mass is 229 g/mol. The van der Waals surface area contributed by atoms with E-state index in [4.69, 9.17) is 9.84 Å². The first-order chi connectivity index (χ1) is 7.56. The molecule has 1 unspecified atom stereocenters. The van der Waals surface area contributed by atoms with Gasteiger partial charge in [-0.2, -0.15) is 0 Å². The summed E-state index contributed by atoms with van der Waals surface area (Å²) in [6.07, 6.45) is 1.81. The molecule has 1 heterocycles. The van der Waals surface area contributed by atoms with Crippen LogP contribution in [0.4, 0.5) is 0 Å². The van der Waals surface area contributed by atoms with Crippen molar-refractivity contribution >= 4 is 11.9 Å². The molecule has 0 aromatic heterocycles. The Labute approximate surface area is 95.4 Å². The van der Waals surface area contributed by atoms with Crippen LogP contribution < -0.4 is 0 Å². The topological polar surface area (TPSA) is 66.8 Å². The van der Waals surface area contributed by atoms with Crippen LogP contribution in [-0.4, -0.2) is 47.7 Å². The van der Waals surface area contributed by atoms with E-state index in [1.807, 2.05) is 6.92 Å². The van der Waals surface area contributed by atoms with Gasteiger partial charge in [0.05, 0.1) is 6.10 Å². The summed E-state index contributed by atoms with van der Waals surface area (Å²) in [7, 11) is 0. The molecule has 0 saturated carbocycles. The van der Waals surface area contributed by atoms with Crippen LogP contribution in [0.3, 0.4) is 0 Å². The molecule has 1 saturated heterocycles. The molecule has 1 aliphatic rings. The molecule has 0 radical (unpaired) electrons. The van der Waals surface area contributed by atoms with Crippen molar-refractivity contribution in [3.63, 3.8) is 0 Å². The van der Waals surface area contributed by atoms with Gasteiger partial charge in [0.1, 0.15) is 5.92 Å². The molecule has 1 atom stereocenters. The summed E-state index contributed by atoms with van der Waals surface area (Å²) in [5.41, 5.74) is 0. The molecule has 16 heavy (non-hydrogen) atoms. The number of hydrogen-bond acceptors (Lipinski definition) is 3. The maximum atomic E-state index is 11.7. The molecule has 5 nitrogen and oxygen atoms in total. The number of carbonyl (C=O) groups excluding carboxylic acids is 1. The van der Waals surface area contributed by atoms with Crippen molar-refractivity contribution in [3.05, 3.63) is 0 Å². The van der Waals surface area contributed by atoms with E-state index in [-0.39, 0.29) is 12.0 Å². The van der Waals surface area contributed by atoms with Crippen LogP contribution in [0, 0.1) is 5.92 Å². The molecule has 1 aliphatic heterocycles. The lowest BCUT2D eigenvalue weighted by Gasteiger charge is -2.32. The lowest BCUT2D eigenvalue weighted by atomic mass is 10.0. The number of rotatable bonds is 4. The fourth-order valence-corrected chi connectivity index (χ4v) is 1.86. The Morgan fingerprint density at radius 1 is 1.44 bits per heavy atom. The molecule has 0 aromatic rings. The van der Waals surface area contributed by atoms with Gasteiger partial charge in [0.25, 0.3) is 0 Å². The summed E-state index contributed by atoms with van der Waals surface area (Å²) in [6.45, 7) is 5.26. The highest BCUT2D eigenvalue weighted by Crippen LogP contribution is 2.15. The minimum absolute atomic E-state index is 0.217. The Balaban J connectivity index is 2.41. The van der Waals surface area contributed by atoms with Crippen molar-refractivity contribution in [2.45, 2.75) is 32.8 Å². The number of carboxylic acid groups (broad SMARTS) is 1. The normalized spacial score (nSPS) is 19.5. The fourth-order valence-electron chi connectivity index (χ4n) is 1.86. The maximum Gasteiger partial charge on any atom is 0.315 e. The van der Waals surface area contributed by atoms with Crippen LogP contribution in [0.2, 0.25) is 0 Å². The molecule has 92 valence electrons. The first-order valence-electron chi connectivity index (χ1n) is 5.69. The van der Waals surface area contributed by atoms with Gasteiger partial charge >= 0.3 is 5.97 Å². The first kappa shape index (κ1) is 13.0. The van der Waals surface area contributed by atoms with Crippen LogP contribution in [0.1, 0.15) is 26.7 Å². The van der Waals surface area contributed by atoms with Gasteiger partial charge in [0.15, 0.2) is 0 Å². The molecule has 0 aliphatic carbocycles. The quantitative estimate of drug-likeness (QED) is 0.722. The van der Waals surface area contributed by atoms with Crippen LogP contribution in [0.5, 0.6) is 0 Å². The van der Waals surface area contributed by atoms with Gasteiger partial charge in [0, 0.05) is 19.7 Å². The second-order valence-corrected chi connectivity index (χ2v) is 4.04. The van der Waals surface area contributed by atoms with Crippen molar-refractivity contribution in [1.82, 2.24) is 4.90 Å². The first-order valence-corrected chi connectivity index (χ1v) is 5.69. The highest BCUT2D eigenvalue weighted by Gasteiger charge is 2.29. The Morgan fingerprint density at radius 2 is 2.00 bits per heavy atom. The second kappa shape index (κ2) is 5.84. The van der Waals surface area contributed by atoms with Crippen LogP contribution >= 0.6 is 0 Å². The molecule has 0 spiro atoms. The van der Waals surface area contributed by atoms with Crippen LogP contribution in [0.25, 0.3) is 0 Å². The average molecular weight is 229 g/mol. The minimum atomic E-state index is -1.06. The zero-order chi connectivity index (χ0) is 12.1. The van der Waals surface area contributed by atoms with Gasteiger partial charge in [0.2, 0.25) is 5.91 Å². The van der Waals surface area contributed by atoms with Crippen molar-refractivity contribution in [3.8, 4) is 0 Å². The number of ether oxygens (including phenoxy) is 1. The van der Waals surface area contributed by atoms with Gasteiger partial charge in [-0.25, -0.2) is 0 Å². The third-order valence-electron chi connectivity index (χ3n) is 2.90. The van der Waals surface area contributed by atoms with E-state index in [1.54, 1.807) is 4.90 Å². The van der Waals surface area contributed by atoms with E-state index < -0.39 is 11.9 Å². The second-order valence-electron chi connectivity index (χ2n) is 4.04. The Bertz CT molecular complexity index is 259. The number of amides is 1. The van der Waals surface area contributed by atoms with E-state index in [1.165, 1.54) is 6.92 Å². The van der Waals surface area contributed by atoms with Crippen molar-refractivity contribution in [2.24, 2.45) is 5.92 Å². The lowest BCUT2D eigenvalue weighted by molar-refractivity contribution is -0.151. The Morgan fingerprint density at radius 3 is 2.44 bits per heavy atom. The molecule has 5 heteroatoms. The standard InChI is InChI=1S/C11H19NO4/c1-3-16-9-4-6-12(7-5-9)10(13)8(2)11(14)15/h8-9H,3-7H2,1-2H3,(H,14,15). The van der Waals surface area contributed by atoms with E-state index in [2.05, 4.69) is 0 Å². The highest BCUT2D eigenvalue weighted by atomic mass is 16.5. The predicted octanol–water partition coefficient (Wildman–Crippen LogP) is 0.735. The summed E-state index contributed by atoms with van der Waals surface area (Å²) in [4.78, 5) is 24.0. The summed E-state index contributed by atoms with van der Waals surface area (Å²) >= 11 is 0. The number of hydrogen-bond donors (Lipinski definition) is 1. The molecule has 1 fully saturated rings. The molecule has 0 aromatic carbocycles. The Kier molecular flexibility index (Phi) is 4.73. The number of carbonyl (C=O) groups is 2. The van der Waals surface area contributed by atoms with Gasteiger partial charge in [-0.1, -0.05) is 0 Å². The molecule has 1 rings (SSSR count). The molecule has 1 N–H and O–H groups in total. The van der Waals surface area contributed by atoms with Crippen molar-refractivity contribution < 1.29 is 19.4 Å².